The van der Waals surface area contributed by atoms with E-state index in [0.29, 0.717) is 0 Å². The van der Waals surface area contributed by atoms with Crippen LogP contribution in [0, 0.1) is 0 Å². The van der Waals surface area contributed by atoms with Crippen molar-refractivity contribution in [3.8, 4) is 0 Å². The summed E-state index contributed by atoms with van der Waals surface area (Å²) in [4.78, 5) is 15.0. The van der Waals surface area contributed by atoms with Crippen molar-refractivity contribution in [1.82, 2.24) is 10.3 Å². The minimum atomic E-state index is -0.271. The van der Waals surface area contributed by atoms with Crippen LogP contribution in [0.4, 0.5) is 0 Å². The number of hydrogen-bond acceptors (Lipinski definition) is 4. The van der Waals surface area contributed by atoms with Gasteiger partial charge in [-0.2, -0.15) is 0 Å². The van der Waals surface area contributed by atoms with Crippen LogP contribution in [0.5, 0.6) is 0 Å². The highest BCUT2D eigenvalue weighted by Gasteiger charge is 2.07. The van der Waals surface area contributed by atoms with Crippen molar-refractivity contribution in [2.45, 2.75) is 13.0 Å². The summed E-state index contributed by atoms with van der Waals surface area (Å²) in [5.41, 5.74) is 0.913. The fourth-order valence-corrected chi connectivity index (χ4v) is 1.05. The van der Waals surface area contributed by atoms with Crippen molar-refractivity contribution in [3.05, 3.63) is 30.1 Å². The third-order valence-electron chi connectivity index (χ3n) is 1.91. The van der Waals surface area contributed by atoms with Crippen LogP contribution in [0.1, 0.15) is 18.7 Å². The summed E-state index contributed by atoms with van der Waals surface area (Å²) in [6.07, 6.45) is 1.73. The maximum atomic E-state index is 10.8. The molecule has 0 saturated carbocycles. The van der Waals surface area contributed by atoms with E-state index in [4.69, 9.17) is 0 Å². The third-order valence-corrected chi connectivity index (χ3v) is 1.91. The molecule has 0 saturated heterocycles. The maximum Gasteiger partial charge on any atom is 0.319 e. The predicted octanol–water partition coefficient (Wildman–Crippen LogP) is 0.905. The lowest BCUT2D eigenvalue weighted by atomic mass is 10.2. The number of esters is 1. The zero-order chi connectivity index (χ0) is 10.4. The lowest BCUT2D eigenvalue weighted by Crippen LogP contribution is -2.27. The fraction of sp³-hybridized carbons (Fsp3) is 0.400. The zero-order valence-corrected chi connectivity index (χ0v) is 8.36. The van der Waals surface area contributed by atoms with Crippen molar-refractivity contribution in [3.63, 3.8) is 0 Å². The Hall–Kier alpha value is -1.42. The highest BCUT2D eigenvalue weighted by Crippen LogP contribution is 2.06. The summed E-state index contributed by atoms with van der Waals surface area (Å²) >= 11 is 0. The minimum Gasteiger partial charge on any atom is -0.468 e. The van der Waals surface area contributed by atoms with Crippen LogP contribution in [0.25, 0.3) is 0 Å². The van der Waals surface area contributed by atoms with Gasteiger partial charge in [0.1, 0.15) is 0 Å². The van der Waals surface area contributed by atoms with Crippen LogP contribution in [-0.2, 0) is 9.53 Å². The largest absolute Gasteiger partial charge is 0.468 e. The van der Waals surface area contributed by atoms with Crippen molar-refractivity contribution in [2.24, 2.45) is 0 Å². The molecule has 0 radical (unpaired) electrons. The van der Waals surface area contributed by atoms with Gasteiger partial charge in [0.15, 0.2) is 0 Å². The van der Waals surface area contributed by atoms with E-state index in [2.05, 4.69) is 15.0 Å². The van der Waals surface area contributed by atoms with Crippen molar-refractivity contribution in [1.29, 1.82) is 0 Å². The van der Waals surface area contributed by atoms with E-state index in [1.54, 1.807) is 6.20 Å². The first kappa shape index (κ1) is 10.7. The molecule has 0 amide bonds. The van der Waals surface area contributed by atoms with Crippen LogP contribution < -0.4 is 5.32 Å². The monoisotopic (exact) mass is 194 g/mol. The topological polar surface area (TPSA) is 51.2 Å². The van der Waals surface area contributed by atoms with Crippen LogP contribution in [0.3, 0.4) is 0 Å². The molecule has 0 unspecified atom stereocenters. The number of nitrogens with one attached hydrogen (secondary N) is 1. The van der Waals surface area contributed by atoms with Gasteiger partial charge in [-0.05, 0) is 19.1 Å². The van der Waals surface area contributed by atoms with Gasteiger partial charge in [-0.15, -0.1) is 0 Å². The molecule has 14 heavy (non-hydrogen) atoms. The van der Waals surface area contributed by atoms with E-state index in [-0.39, 0.29) is 18.6 Å². The van der Waals surface area contributed by atoms with E-state index in [1.807, 2.05) is 25.1 Å². The van der Waals surface area contributed by atoms with Gasteiger partial charge < -0.3 is 4.74 Å². The molecule has 0 aliphatic heterocycles. The van der Waals surface area contributed by atoms with Gasteiger partial charge >= 0.3 is 5.97 Å². The van der Waals surface area contributed by atoms with Crippen molar-refractivity contribution in [2.75, 3.05) is 13.7 Å². The molecule has 1 heterocycles. The maximum absolute atomic E-state index is 10.8. The number of hydrogen-bond donors (Lipinski definition) is 1. The molecule has 0 spiro atoms. The number of methoxy groups -OCH3 is 1. The molecular weight excluding hydrogens is 180 g/mol. The van der Waals surface area contributed by atoms with E-state index in [9.17, 15) is 4.79 Å². The van der Waals surface area contributed by atoms with E-state index < -0.39 is 0 Å². The normalized spacial score (nSPS) is 12.1. The first-order chi connectivity index (χ1) is 6.74. The molecule has 1 aromatic heterocycles. The molecule has 1 atom stereocenters. The second kappa shape index (κ2) is 5.34. The molecule has 1 N–H and O–H groups in total. The second-order valence-electron chi connectivity index (χ2n) is 2.93. The van der Waals surface area contributed by atoms with E-state index in [0.717, 1.165) is 5.69 Å². The zero-order valence-electron chi connectivity index (χ0n) is 8.36. The Balaban J connectivity index is 2.43. The van der Waals surface area contributed by atoms with Gasteiger partial charge in [-0.25, -0.2) is 0 Å². The summed E-state index contributed by atoms with van der Waals surface area (Å²) in [7, 11) is 1.37. The predicted molar refractivity (Wildman–Crippen MR) is 52.7 cm³/mol. The smallest absolute Gasteiger partial charge is 0.319 e. The fourth-order valence-electron chi connectivity index (χ4n) is 1.05. The Bertz CT molecular complexity index is 287. The number of carbonyl (C=O) groups excluding carboxylic acids is 1. The number of ether oxygens (including phenoxy) is 1. The molecule has 0 aliphatic carbocycles. The molecule has 1 rings (SSSR count). The average Bonchev–Trinajstić information content (AvgIpc) is 2.26. The Morgan fingerprint density at radius 3 is 3.00 bits per heavy atom. The first-order valence-corrected chi connectivity index (χ1v) is 4.45. The second-order valence-corrected chi connectivity index (χ2v) is 2.93. The molecule has 0 fully saturated rings. The van der Waals surface area contributed by atoms with Gasteiger partial charge in [0.05, 0.1) is 19.3 Å². The summed E-state index contributed by atoms with van der Waals surface area (Å²) in [6.45, 7) is 2.15. The van der Waals surface area contributed by atoms with Crippen molar-refractivity contribution >= 4 is 5.97 Å². The minimum absolute atomic E-state index is 0.0512. The van der Waals surface area contributed by atoms with Crippen LogP contribution in [0.15, 0.2) is 24.4 Å². The van der Waals surface area contributed by atoms with E-state index >= 15 is 0 Å². The summed E-state index contributed by atoms with van der Waals surface area (Å²) in [5.74, 6) is -0.271. The molecule has 76 valence electrons. The Morgan fingerprint density at radius 1 is 1.64 bits per heavy atom. The molecule has 0 aromatic carbocycles. The summed E-state index contributed by atoms with van der Waals surface area (Å²) in [5, 5.41) is 3.01. The molecule has 4 nitrogen and oxygen atoms in total. The van der Waals surface area contributed by atoms with Crippen LogP contribution in [-0.4, -0.2) is 24.6 Å². The SMILES string of the molecule is COC(=O)CN[C@H](C)c1ccccn1. The summed E-state index contributed by atoms with van der Waals surface area (Å²) < 4.78 is 4.51. The van der Waals surface area contributed by atoms with Crippen molar-refractivity contribution < 1.29 is 9.53 Å². The average molecular weight is 194 g/mol. The number of pyridine rings is 1. The third kappa shape index (κ3) is 3.14. The highest BCUT2D eigenvalue weighted by atomic mass is 16.5. The van der Waals surface area contributed by atoms with Crippen LogP contribution in [0.2, 0.25) is 0 Å². The molecule has 0 aliphatic rings. The Labute approximate surface area is 83.3 Å². The number of rotatable bonds is 4. The summed E-state index contributed by atoms with van der Waals surface area (Å²) in [6, 6.07) is 5.74. The first-order valence-electron chi connectivity index (χ1n) is 4.45. The molecule has 4 heteroatoms. The Kier molecular flexibility index (Phi) is 4.07. The lowest BCUT2D eigenvalue weighted by Gasteiger charge is -2.11. The quantitative estimate of drug-likeness (QED) is 0.724. The lowest BCUT2D eigenvalue weighted by molar-refractivity contribution is -0.139. The van der Waals surface area contributed by atoms with Crippen LogP contribution >= 0.6 is 0 Å². The number of carbonyl (C=O) groups is 1. The Morgan fingerprint density at radius 2 is 2.43 bits per heavy atom. The number of nitrogens with zero attached hydrogens (tertiary/aromatic N) is 1. The number of aromatic nitrogens is 1. The van der Waals surface area contributed by atoms with Gasteiger partial charge in [-0.1, -0.05) is 6.07 Å². The standard InChI is InChI=1S/C10H14N2O2/c1-8(12-7-10(13)14-2)9-5-3-4-6-11-9/h3-6,8,12H,7H2,1-2H3/t8-/m1/s1. The molecule has 1 aromatic rings. The van der Waals surface area contributed by atoms with Gasteiger partial charge in [-0.3, -0.25) is 15.1 Å². The van der Waals surface area contributed by atoms with E-state index in [1.165, 1.54) is 7.11 Å². The van der Waals surface area contributed by atoms with Gasteiger partial charge in [0, 0.05) is 12.2 Å². The van der Waals surface area contributed by atoms with Gasteiger partial charge in [0.25, 0.3) is 0 Å². The van der Waals surface area contributed by atoms with Gasteiger partial charge in [0.2, 0.25) is 0 Å². The molecule has 0 bridgehead atoms. The molecular formula is C10H14N2O2. The highest BCUT2D eigenvalue weighted by molar-refractivity contribution is 5.71.